The van der Waals surface area contributed by atoms with Gasteiger partial charge in [0.15, 0.2) is 0 Å². The Bertz CT molecular complexity index is 580. The molecule has 20 heavy (non-hydrogen) atoms. The van der Waals surface area contributed by atoms with Gasteiger partial charge in [0.25, 0.3) is 0 Å². The molecule has 3 nitrogen and oxygen atoms in total. The molecule has 0 spiro atoms. The monoisotopic (exact) mass is 295 g/mol. The summed E-state index contributed by atoms with van der Waals surface area (Å²) in [7, 11) is 0. The number of hydrogen-bond donors (Lipinski definition) is 1. The summed E-state index contributed by atoms with van der Waals surface area (Å²) < 4.78 is 15.0. The maximum absolute atomic E-state index is 13.2. The minimum atomic E-state index is -0.280. The molecule has 0 bridgehead atoms. The van der Waals surface area contributed by atoms with Crippen LogP contribution in [-0.4, -0.2) is 16.3 Å². The second-order valence-corrected chi connectivity index (χ2v) is 5.26. The van der Waals surface area contributed by atoms with E-state index in [9.17, 15) is 4.39 Å². The Morgan fingerprint density at radius 3 is 2.90 bits per heavy atom. The first-order valence-electron chi connectivity index (χ1n) is 6.77. The van der Waals surface area contributed by atoms with Crippen molar-refractivity contribution in [1.82, 2.24) is 15.1 Å². The molecule has 0 fully saturated rings. The zero-order valence-electron chi connectivity index (χ0n) is 11.8. The third-order valence-electron chi connectivity index (χ3n) is 3.13. The van der Waals surface area contributed by atoms with Gasteiger partial charge in [-0.15, -0.1) is 0 Å². The number of nitrogens with one attached hydrogen (secondary N) is 1. The van der Waals surface area contributed by atoms with Crippen molar-refractivity contribution in [2.45, 2.75) is 33.4 Å². The second-order valence-electron chi connectivity index (χ2n) is 4.85. The lowest BCUT2D eigenvalue weighted by atomic mass is 10.2. The number of hydrogen-bond acceptors (Lipinski definition) is 2. The quantitative estimate of drug-likeness (QED) is 0.826. The lowest BCUT2D eigenvalue weighted by Crippen LogP contribution is -2.13. The number of benzene rings is 1. The molecule has 0 aliphatic rings. The van der Waals surface area contributed by atoms with Crippen molar-refractivity contribution in [3.63, 3.8) is 0 Å². The molecule has 2 rings (SSSR count). The highest BCUT2D eigenvalue weighted by atomic mass is 35.5. The number of aryl methyl sites for hydroxylation is 1. The van der Waals surface area contributed by atoms with Crippen molar-refractivity contribution in [3.8, 4) is 0 Å². The van der Waals surface area contributed by atoms with Crippen LogP contribution in [-0.2, 0) is 13.1 Å². The van der Waals surface area contributed by atoms with E-state index in [2.05, 4.69) is 17.3 Å². The van der Waals surface area contributed by atoms with Crippen molar-refractivity contribution in [1.29, 1.82) is 0 Å². The minimum absolute atomic E-state index is 0.280. The predicted octanol–water partition coefficient (Wildman–Crippen LogP) is 3.53. The molecule has 1 N–H and O–H groups in total. The first-order valence-corrected chi connectivity index (χ1v) is 7.15. The molecule has 108 valence electrons. The topological polar surface area (TPSA) is 29.9 Å². The maximum atomic E-state index is 13.2. The van der Waals surface area contributed by atoms with Crippen LogP contribution in [0.3, 0.4) is 0 Å². The fourth-order valence-corrected chi connectivity index (χ4v) is 2.23. The molecule has 0 saturated heterocycles. The summed E-state index contributed by atoms with van der Waals surface area (Å²) in [6, 6.07) is 4.39. The van der Waals surface area contributed by atoms with E-state index in [0.717, 1.165) is 36.3 Å². The Kier molecular flexibility index (Phi) is 5.15. The fourth-order valence-electron chi connectivity index (χ4n) is 2.05. The molecule has 0 amide bonds. The van der Waals surface area contributed by atoms with Crippen LogP contribution in [0.5, 0.6) is 0 Å². The van der Waals surface area contributed by atoms with Crippen LogP contribution in [0, 0.1) is 12.7 Å². The molecule has 1 aromatic carbocycles. The van der Waals surface area contributed by atoms with Crippen molar-refractivity contribution in [2.24, 2.45) is 0 Å². The third kappa shape index (κ3) is 3.81. The van der Waals surface area contributed by atoms with E-state index in [4.69, 9.17) is 11.6 Å². The van der Waals surface area contributed by atoms with Gasteiger partial charge in [0.1, 0.15) is 5.82 Å². The molecule has 1 heterocycles. The molecule has 0 unspecified atom stereocenters. The molecular weight excluding hydrogens is 277 g/mol. The number of nitrogens with zero attached hydrogens (tertiary/aromatic N) is 2. The minimum Gasteiger partial charge on any atom is -0.313 e. The van der Waals surface area contributed by atoms with Gasteiger partial charge in [0.05, 0.1) is 12.2 Å². The molecule has 0 aliphatic heterocycles. The van der Waals surface area contributed by atoms with Crippen LogP contribution in [0.4, 0.5) is 4.39 Å². The average molecular weight is 296 g/mol. The van der Waals surface area contributed by atoms with Gasteiger partial charge in [-0.25, -0.2) is 4.39 Å². The van der Waals surface area contributed by atoms with Crippen molar-refractivity contribution in [3.05, 3.63) is 52.1 Å². The summed E-state index contributed by atoms with van der Waals surface area (Å²) in [4.78, 5) is 0. The number of aromatic nitrogens is 2. The predicted molar refractivity (Wildman–Crippen MR) is 79.5 cm³/mol. The van der Waals surface area contributed by atoms with Crippen LogP contribution in [0.25, 0.3) is 0 Å². The first-order chi connectivity index (χ1) is 9.60. The highest BCUT2D eigenvalue weighted by Gasteiger charge is 2.07. The Labute approximate surface area is 123 Å². The van der Waals surface area contributed by atoms with Crippen molar-refractivity contribution in [2.75, 3.05) is 6.54 Å². The number of rotatable bonds is 6. The van der Waals surface area contributed by atoms with Gasteiger partial charge in [0.2, 0.25) is 0 Å². The Hall–Kier alpha value is -1.39. The third-order valence-corrected chi connectivity index (χ3v) is 3.50. The standard InChI is InChI=1S/C15H19ClFN3/c1-3-6-18-8-13-10-20(19-11(13)2)9-12-7-14(17)4-5-15(12)16/h4-5,7,10,18H,3,6,8-9H2,1-2H3. The van der Waals surface area contributed by atoms with Crippen molar-refractivity contribution < 1.29 is 4.39 Å². The van der Waals surface area contributed by atoms with E-state index >= 15 is 0 Å². The number of halogens is 2. The smallest absolute Gasteiger partial charge is 0.123 e. The summed E-state index contributed by atoms with van der Waals surface area (Å²) in [6.45, 7) is 6.38. The Balaban J connectivity index is 2.10. The van der Waals surface area contributed by atoms with Gasteiger partial charge >= 0.3 is 0 Å². The second kappa shape index (κ2) is 6.86. The van der Waals surface area contributed by atoms with Gasteiger partial charge < -0.3 is 5.32 Å². The van der Waals surface area contributed by atoms with E-state index in [1.807, 2.05) is 13.1 Å². The molecule has 0 atom stereocenters. The molecule has 0 aliphatic carbocycles. The van der Waals surface area contributed by atoms with Crippen LogP contribution in [0.2, 0.25) is 5.02 Å². The van der Waals surface area contributed by atoms with Gasteiger partial charge in [0, 0.05) is 23.3 Å². The molecule has 0 radical (unpaired) electrons. The van der Waals surface area contributed by atoms with Crippen molar-refractivity contribution >= 4 is 11.6 Å². The van der Waals surface area contributed by atoms with E-state index in [0.29, 0.717) is 11.6 Å². The molecular formula is C15H19ClFN3. The first kappa shape index (κ1) is 15.0. The fraction of sp³-hybridized carbons (Fsp3) is 0.400. The SMILES string of the molecule is CCCNCc1cn(Cc2cc(F)ccc2Cl)nc1C. The largest absolute Gasteiger partial charge is 0.313 e. The molecule has 2 aromatic rings. The van der Waals surface area contributed by atoms with E-state index in [1.54, 1.807) is 10.7 Å². The van der Waals surface area contributed by atoms with Crippen LogP contribution >= 0.6 is 11.6 Å². The zero-order chi connectivity index (χ0) is 14.5. The van der Waals surface area contributed by atoms with E-state index in [-0.39, 0.29) is 5.82 Å². The molecule has 5 heteroatoms. The van der Waals surface area contributed by atoms with Crippen LogP contribution in [0.15, 0.2) is 24.4 Å². The highest BCUT2D eigenvalue weighted by Crippen LogP contribution is 2.18. The van der Waals surface area contributed by atoms with Gasteiger partial charge in [-0.05, 0) is 43.7 Å². The lowest BCUT2D eigenvalue weighted by molar-refractivity contribution is 0.618. The van der Waals surface area contributed by atoms with E-state index in [1.165, 1.54) is 12.1 Å². The van der Waals surface area contributed by atoms with Gasteiger partial charge in [-0.1, -0.05) is 18.5 Å². The van der Waals surface area contributed by atoms with Crippen LogP contribution < -0.4 is 5.32 Å². The van der Waals surface area contributed by atoms with Gasteiger partial charge in [-0.3, -0.25) is 4.68 Å². The molecule has 1 aromatic heterocycles. The van der Waals surface area contributed by atoms with E-state index < -0.39 is 0 Å². The summed E-state index contributed by atoms with van der Waals surface area (Å²) >= 11 is 6.07. The lowest BCUT2D eigenvalue weighted by Gasteiger charge is -2.04. The normalized spacial score (nSPS) is 11.0. The Morgan fingerprint density at radius 1 is 1.35 bits per heavy atom. The molecule has 0 saturated carbocycles. The summed E-state index contributed by atoms with van der Waals surface area (Å²) in [5, 5.41) is 8.36. The van der Waals surface area contributed by atoms with Gasteiger partial charge in [-0.2, -0.15) is 5.10 Å². The average Bonchev–Trinajstić information content (AvgIpc) is 2.75. The summed E-state index contributed by atoms with van der Waals surface area (Å²) in [5.74, 6) is -0.280. The zero-order valence-corrected chi connectivity index (χ0v) is 12.5. The summed E-state index contributed by atoms with van der Waals surface area (Å²) in [6.07, 6.45) is 3.09. The summed E-state index contributed by atoms with van der Waals surface area (Å²) in [5.41, 5.74) is 2.88. The van der Waals surface area contributed by atoms with Crippen LogP contribution in [0.1, 0.15) is 30.2 Å². The maximum Gasteiger partial charge on any atom is 0.123 e. The Morgan fingerprint density at radius 2 is 2.15 bits per heavy atom. The highest BCUT2D eigenvalue weighted by molar-refractivity contribution is 6.31.